The maximum absolute atomic E-state index is 11.7. The minimum atomic E-state index is -0.482. The standard InChI is InChI=1S/C37H66O7/c1-3-4-5-6-7-8-9-10-14-17-20-31(39)33-22-24-35(43-33)36-25-23-34(44-36)32(40)21-18-15-12-11-13-16-19-30(38)27-29-26-28(2)42-37(29)41/h26,28,30-36,38-40H,3-25,27H2,1-2H3/t28-,30+,31-,32+,33?,34+,35+,36+/m0/s1. The maximum Gasteiger partial charge on any atom is 0.334 e. The Balaban J connectivity index is 1.14. The number of aliphatic hydroxyl groups is 3. The molecule has 0 spiro atoms. The molecule has 0 aliphatic carbocycles. The van der Waals surface area contributed by atoms with Crippen LogP contribution in [-0.2, 0) is 19.0 Å². The Morgan fingerprint density at radius 1 is 0.659 bits per heavy atom. The summed E-state index contributed by atoms with van der Waals surface area (Å²) < 4.78 is 17.7. The molecule has 7 heteroatoms. The molecule has 3 N–H and O–H groups in total. The van der Waals surface area contributed by atoms with Crippen LogP contribution in [0.15, 0.2) is 11.6 Å². The van der Waals surface area contributed by atoms with E-state index in [0.29, 0.717) is 18.4 Å². The molecule has 256 valence electrons. The topological polar surface area (TPSA) is 105 Å². The molecule has 3 heterocycles. The lowest BCUT2D eigenvalue weighted by molar-refractivity contribution is -0.139. The van der Waals surface area contributed by atoms with E-state index in [2.05, 4.69) is 6.92 Å². The number of rotatable bonds is 25. The molecule has 3 aliphatic rings. The molecule has 44 heavy (non-hydrogen) atoms. The highest BCUT2D eigenvalue weighted by molar-refractivity contribution is 5.90. The molecule has 0 aromatic rings. The van der Waals surface area contributed by atoms with Crippen molar-refractivity contribution in [3.05, 3.63) is 11.6 Å². The molecule has 0 amide bonds. The van der Waals surface area contributed by atoms with Crippen LogP contribution >= 0.6 is 0 Å². The summed E-state index contributed by atoms with van der Waals surface area (Å²) in [5.74, 6) is -0.289. The van der Waals surface area contributed by atoms with Gasteiger partial charge in [0.05, 0.1) is 42.7 Å². The molecular weight excluding hydrogens is 556 g/mol. The zero-order chi connectivity index (χ0) is 31.6. The number of carbonyl (C=O) groups excluding carboxylic acids is 1. The molecule has 2 fully saturated rings. The molecule has 0 saturated carbocycles. The Bertz CT molecular complexity index is 801. The lowest BCUT2D eigenvalue weighted by atomic mass is 10.00. The molecule has 1 unspecified atom stereocenters. The first kappa shape index (κ1) is 37.5. The summed E-state index contributed by atoms with van der Waals surface area (Å²) in [6.45, 7) is 4.10. The minimum absolute atomic E-state index is 0.0403. The third-order valence-electron chi connectivity index (χ3n) is 10.0. The predicted octanol–water partition coefficient (Wildman–Crippen LogP) is 7.86. The van der Waals surface area contributed by atoms with E-state index >= 15 is 0 Å². The molecular formula is C37H66O7. The fourth-order valence-corrected chi connectivity index (χ4v) is 7.28. The summed E-state index contributed by atoms with van der Waals surface area (Å²) in [4.78, 5) is 11.7. The first-order valence-corrected chi connectivity index (χ1v) is 18.6. The van der Waals surface area contributed by atoms with Gasteiger partial charge in [-0.2, -0.15) is 0 Å². The number of esters is 1. The van der Waals surface area contributed by atoms with Gasteiger partial charge in [-0.1, -0.05) is 110 Å². The smallest absolute Gasteiger partial charge is 0.334 e. The maximum atomic E-state index is 11.7. The van der Waals surface area contributed by atoms with E-state index in [1.165, 1.54) is 57.8 Å². The number of hydrogen-bond acceptors (Lipinski definition) is 7. The number of hydrogen-bond donors (Lipinski definition) is 3. The van der Waals surface area contributed by atoms with E-state index in [1.807, 2.05) is 6.92 Å². The number of cyclic esters (lactones) is 1. The van der Waals surface area contributed by atoms with Gasteiger partial charge in [-0.05, 0) is 57.9 Å². The van der Waals surface area contributed by atoms with E-state index in [4.69, 9.17) is 14.2 Å². The molecule has 0 bridgehead atoms. The van der Waals surface area contributed by atoms with Crippen LogP contribution in [-0.4, -0.2) is 70.1 Å². The Hall–Kier alpha value is -0.990. The molecule has 0 aromatic carbocycles. The van der Waals surface area contributed by atoms with Crippen LogP contribution in [0.4, 0.5) is 0 Å². The third kappa shape index (κ3) is 14.2. The lowest BCUT2D eigenvalue weighted by Gasteiger charge is -2.24. The van der Waals surface area contributed by atoms with Crippen LogP contribution in [0, 0.1) is 0 Å². The van der Waals surface area contributed by atoms with Crippen molar-refractivity contribution in [2.24, 2.45) is 0 Å². The van der Waals surface area contributed by atoms with Crippen LogP contribution in [0.25, 0.3) is 0 Å². The van der Waals surface area contributed by atoms with Crippen LogP contribution in [0.2, 0.25) is 0 Å². The average Bonchev–Trinajstić information content (AvgIpc) is 3.75. The summed E-state index contributed by atoms with van der Waals surface area (Å²) in [5, 5.41) is 31.7. The quantitative estimate of drug-likeness (QED) is 0.0703. The molecule has 3 rings (SSSR count). The third-order valence-corrected chi connectivity index (χ3v) is 10.0. The minimum Gasteiger partial charge on any atom is -0.455 e. The highest BCUT2D eigenvalue weighted by Crippen LogP contribution is 2.34. The number of unbranched alkanes of at least 4 members (excludes halogenated alkanes) is 14. The molecule has 8 atom stereocenters. The highest BCUT2D eigenvalue weighted by atomic mass is 16.6. The fourth-order valence-electron chi connectivity index (χ4n) is 7.28. The second kappa shape index (κ2) is 21.7. The summed E-state index contributed by atoms with van der Waals surface area (Å²) in [6, 6.07) is 0. The van der Waals surface area contributed by atoms with Crippen molar-refractivity contribution in [2.75, 3.05) is 0 Å². The summed E-state index contributed by atoms with van der Waals surface area (Å²) in [7, 11) is 0. The van der Waals surface area contributed by atoms with Gasteiger partial charge < -0.3 is 29.5 Å². The largest absolute Gasteiger partial charge is 0.455 e. The van der Waals surface area contributed by atoms with Crippen molar-refractivity contribution in [3.63, 3.8) is 0 Å². The second-order valence-electron chi connectivity index (χ2n) is 14.0. The number of aliphatic hydroxyl groups excluding tert-OH is 3. The van der Waals surface area contributed by atoms with Crippen molar-refractivity contribution in [2.45, 2.75) is 217 Å². The van der Waals surface area contributed by atoms with Gasteiger partial charge in [-0.3, -0.25) is 0 Å². The summed E-state index contributed by atoms with van der Waals surface area (Å²) >= 11 is 0. The van der Waals surface area contributed by atoms with Crippen molar-refractivity contribution in [3.8, 4) is 0 Å². The van der Waals surface area contributed by atoms with E-state index < -0.39 is 12.2 Å². The van der Waals surface area contributed by atoms with Gasteiger partial charge in [-0.25, -0.2) is 4.79 Å². The molecule has 0 aromatic heterocycles. The zero-order valence-electron chi connectivity index (χ0n) is 28.1. The van der Waals surface area contributed by atoms with Crippen molar-refractivity contribution in [1.29, 1.82) is 0 Å². The van der Waals surface area contributed by atoms with Gasteiger partial charge in [0.15, 0.2) is 0 Å². The number of carbonyl (C=O) groups is 1. The van der Waals surface area contributed by atoms with Gasteiger partial charge in [0, 0.05) is 12.0 Å². The molecule has 2 saturated heterocycles. The Morgan fingerprint density at radius 3 is 1.52 bits per heavy atom. The van der Waals surface area contributed by atoms with E-state index in [9.17, 15) is 20.1 Å². The molecule has 7 nitrogen and oxygen atoms in total. The average molecular weight is 623 g/mol. The van der Waals surface area contributed by atoms with Crippen molar-refractivity contribution >= 4 is 5.97 Å². The molecule has 0 radical (unpaired) electrons. The predicted molar refractivity (Wildman–Crippen MR) is 175 cm³/mol. The number of ether oxygens (including phenoxy) is 3. The van der Waals surface area contributed by atoms with E-state index in [-0.39, 0.29) is 42.6 Å². The summed E-state index contributed by atoms with van der Waals surface area (Å²) in [6.07, 6.45) is 26.1. The van der Waals surface area contributed by atoms with Crippen molar-refractivity contribution < 1.29 is 34.3 Å². The fraction of sp³-hybridized carbons (Fsp3) is 0.919. The van der Waals surface area contributed by atoms with Gasteiger partial charge in [-0.15, -0.1) is 0 Å². The van der Waals surface area contributed by atoms with Gasteiger partial charge in [0.2, 0.25) is 0 Å². The zero-order valence-corrected chi connectivity index (χ0v) is 28.1. The van der Waals surface area contributed by atoms with Gasteiger partial charge in [0.1, 0.15) is 6.10 Å². The highest BCUT2D eigenvalue weighted by Gasteiger charge is 2.40. The van der Waals surface area contributed by atoms with Crippen molar-refractivity contribution in [1.82, 2.24) is 0 Å². The van der Waals surface area contributed by atoms with Gasteiger partial charge in [0.25, 0.3) is 0 Å². The first-order valence-electron chi connectivity index (χ1n) is 18.6. The van der Waals surface area contributed by atoms with Crippen LogP contribution in [0.3, 0.4) is 0 Å². The Kier molecular flexibility index (Phi) is 18.5. The second-order valence-corrected chi connectivity index (χ2v) is 14.0. The van der Waals surface area contributed by atoms with Crippen LogP contribution in [0.5, 0.6) is 0 Å². The molecule has 3 aliphatic heterocycles. The van der Waals surface area contributed by atoms with Crippen LogP contribution < -0.4 is 0 Å². The SMILES string of the molecule is CCCCCCCCCCCC[C@H](O)C1CC[C@H]([C@H]2CC[C@H]([C@H](O)CCCCCCCC[C@@H](O)CC3=C[C@H](C)OC3=O)O2)O1. The summed E-state index contributed by atoms with van der Waals surface area (Å²) in [5.41, 5.74) is 0.606. The normalized spacial score (nSPS) is 27.4. The van der Waals surface area contributed by atoms with Crippen LogP contribution in [0.1, 0.15) is 168 Å². The van der Waals surface area contributed by atoms with Gasteiger partial charge >= 0.3 is 5.97 Å². The first-order chi connectivity index (χ1) is 21.4. The Labute approximate surface area is 268 Å². The van der Waals surface area contributed by atoms with E-state index in [0.717, 1.165) is 83.5 Å². The lowest BCUT2D eigenvalue weighted by Crippen LogP contribution is -2.33. The Morgan fingerprint density at radius 2 is 1.09 bits per heavy atom. The monoisotopic (exact) mass is 622 g/mol. The van der Waals surface area contributed by atoms with E-state index in [1.54, 1.807) is 6.08 Å².